The number of nitrogens with zero attached hydrogens (tertiary/aromatic N) is 4. The maximum Gasteiger partial charge on any atom is 0.355 e. The molecular formula is C14H11F3N4O4S. The molecule has 0 fully saturated rings. The van der Waals surface area contributed by atoms with Gasteiger partial charge in [0.05, 0.1) is 7.11 Å². The molecule has 1 unspecified atom stereocenters. The molecule has 26 heavy (non-hydrogen) atoms. The predicted octanol–water partition coefficient (Wildman–Crippen LogP) is 1.36. The van der Waals surface area contributed by atoms with Crippen molar-refractivity contribution in [2.24, 2.45) is 0 Å². The summed E-state index contributed by atoms with van der Waals surface area (Å²) in [5.41, 5.74) is -0.910. The number of anilines is 1. The van der Waals surface area contributed by atoms with E-state index in [-0.39, 0.29) is 27.5 Å². The molecule has 12 heteroatoms. The summed E-state index contributed by atoms with van der Waals surface area (Å²) < 4.78 is 68.8. The van der Waals surface area contributed by atoms with Crippen molar-refractivity contribution in [3.05, 3.63) is 41.2 Å². The molecule has 0 aliphatic carbocycles. The summed E-state index contributed by atoms with van der Waals surface area (Å²) in [6.45, 7) is 1.47. The van der Waals surface area contributed by atoms with Crippen LogP contribution in [0.15, 0.2) is 18.2 Å². The van der Waals surface area contributed by atoms with Crippen LogP contribution in [0.1, 0.15) is 23.1 Å². The summed E-state index contributed by atoms with van der Waals surface area (Å²) in [5, 5.41) is 0. The second-order valence-electron chi connectivity index (χ2n) is 5.25. The number of carbonyl (C=O) groups is 1. The summed E-state index contributed by atoms with van der Waals surface area (Å²) in [5.74, 6) is -7.94. The van der Waals surface area contributed by atoms with Crippen LogP contribution in [0, 0.1) is 12.7 Å². The molecule has 1 aliphatic heterocycles. The van der Waals surface area contributed by atoms with Crippen molar-refractivity contribution in [2.45, 2.75) is 18.6 Å². The lowest BCUT2D eigenvalue weighted by Crippen LogP contribution is -2.39. The number of carbonyl (C=O) groups excluding carboxylic acids is 1. The van der Waals surface area contributed by atoms with Gasteiger partial charge in [-0.2, -0.15) is 31.5 Å². The number of aromatic nitrogens is 3. The lowest BCUT2D eigenvalue weighted by atomic mass is 10.00. The molecule has 1 aromatic heterocycles. The molecular weight excluding hydrogens is 377 g/mol. The Labute approximate surface area is 145 Å². The zero-order valence-electron chi connectivity index (χ0n) is 13.4. The number of aryl methyl sites for hydroxylation is 1. The molecule has 138 valence electrons. The third-order valence-electron chi connectivity index (χ3n) is 3.64. The Balaban J connectivity index is 2.26. The molecule has 0 spiro atoms. The number of fused-ring (bicyclic) bond motifs is 1. The van der Waals surface area contributed by atoms with E-state index in [1.165, 1.54) is 26.2 Å². The number of hydrogen-bond acceptors (Lipinski definition) is 7. The number of para-hydroxylation sites is 1. The van der Waals surface area contributed by atoms with Crippen molar-refractivity contribution in [2.75, 3.05) is 11.4 Å². The molecule has 0 saturated heterocycles. The van der Waals surface area contributed by atoms with Gasteiger partial charge in [0.25, 0.3) is 5.91 Å². The number of amides is 1. The minimum absolute atomic E-state index is 0.146. The third kappa shape index (κ3) is 2.66. The Morgan fingerprint density at radius 3 is 2.54 bits per heavy atom. The van der Waals surface area contributed by atoms with Crippen LogP contribution < -0.4 is 9.04 Å². The standard InChI is InChI=1S/C14H11F3N4O4S/c1-6-18-11(20-14(19-6)25-2)9-7-4-3-5-8(15)10(7)21(12(9)22)26(23,24)13(16)17/h3-5,9,13H,1-2H3. The molecule has 8 nitrogen and oxygen atoms in total. The first-order chi connectivity index (χ1) is 12.2. The number of ether oxygens (including phenoxy) is 1. The van der Waals surface area contributed by atoms with Crippen LogP contribution in [0.2, 0.25) is 0 Å². The molecule has 3 rings (SSSR count). The van der Waals surface area contributed by atoms with E-state index in [1.54, 1.807) is 0 Å². The van der Waals surface area contributed by atoms with E-state index in [0.717, 1.165) is 6.07 Å². The fourth-order valence-corrected chi connectivity index (χ4v) is 3.58. The number of sulfonamides is 1. The highest BCUT2D eigenvalue weighted by Gasteiger charge is 2.50. The van der Waals surface area contributed by atoms with Crippen LogP contribution in [-0.4, -0.2) is 42.1 Å². The van der Waals surface area contributed by atoms with Gasteiger partial charge < -0.3 is 4.74 Å². The molecule has 1 aromatic carbocycles. The van der Waals surface area contributed by atoms with Crippen LogP contribution in [0.4, 0.5) is 18.9 Å². The molecule has 1 amide bonds. The van der Waals surface area contributed by atoms with Gasteiger partial charge in [-0.05, 0) is 13.0 Å². The minimum atomic E-state index is -5.42. The quantitative estimate of drug-likeness (QED) is 0.779. The van der Waals surface area contributed by atoms with Crippen LogP contribution in [-0.2, 0) is 14.8 Å². The monoisotopic (exact) mass is 388 g/mol. The smallest absolute Gasteiger partial charge is 0.355 e. The summed E-state index contributed by atoms with van der Waals surface area (Å²) in [6.07, 6.45) is 0. The topological polar surface area (TPSA) is 102 Å². The molecule has 1 atom stereocenters. The summed E-state index contributed by atoms with van der Waals surface area (Å²) >= 11 is 0. The average Bonchev–Trinajstić information content (AvgIpc) is 2.88. The minimum Gasteiger partial charge on any atom is -0.467 e. The highest BCUT2D eigenvalue weighted by atomic mass is 32.2. The van der Waals surface area contributed by atoms with Gasteiger partial charge in [-0.25, -0.2) is 9.37 Å². The fourth-order valence-electron chi connectivity index (χ4n) is 2.62. The zero-order valence-corrected chi connectivity index (χ0v) is 14.2. The Hall–Kier alpha value is -2.76. The lowest BCUT2D eigenvalue weighted by molar-refractivity contribution is -0.117. The third-order valence-corrected chi connectivity index (χ3v) is 4.97. The van der Waals surface area contributed by atoms with Gasteiger partial charge in [-0.15, -0.1) is 0 Å². The Bertz CT molecular complexity index is 1000. The number of methoxy groups -OCH3 is 1. The van der Waals surface area contributed by atoms with Gasteiger partial charge in [-0.1, -0.05) is 12.1 Å². The second-order valence-corrected chi connectivity index (χ2v) is 7.00. The Morgan fingerprint density at radius 1 is 1.23 bits per heavy atom. The van der Waals surface area contributed by atoms with Gasteiger partial charge in [0.1, 0.15) is 23.2 Å². The first kappa shape index (κ1) is 18.0. The van der Waals surface area contributed by atoms with Crippen molar-refractivity contribution in [1.82, 2.24) is 15.0 Å². The molecule has 0 bridgehead atoms. The van der Waals surface area contributed by atoms with Crippen molar-refractivity contribution < 1.29 is 31.1 Å². The molecule has 0 saturated carbocycles. The van der Waals surface area contributed by atoms with Crippen molar-refractivity contribution in [3.8, 4) is 6.01 Å². The van der Waals surface area contributed by atoms with E-state index in [4.69, 9.17) is 4.74 Å². The number of benzene rings is 1. The van der Waals surface area contributed by atoms with Gasteiger partial charge in [0.15, 0.2) is 5.82 Å². The largest absolute Gasteiger partial charge is 0.467 e. The highest BCUT2D eigenvalue weighted by Crippen LogP contribution is 2.44. The highest BCUT2D eigenvalue weighted by molar-refractivity contribution is 7.93. The molecule has 2 heterocycles. The molecule has 0 radical (unpaired) electrons. The van der Waals surface area contributed by atoms with Crippen LogP contribution in [0.5, 0.6) is 6.01 Å². The second kappa shape index (κ2) is 6.20. The average molecular weight is 388 g/mol. The zero-order chi connectivity index (χ0) is 19.2. The van der Waals surface area contributed by atoms with Crippen molar-refractivity contribution >= 4 is 21.6 Å². The van der Waals surface area contributed by atoms with Gasteiger partial charge in [0.2, 0.25) is 0 Å². The van der Waals surface area contributed by atoms with E-state index in [9.17, 15) is 26.4 Å². The predicted molar refractivity (Wildman–Crippen MR) is 81.8 cm³/mol. The van der Waals surface area contributed by atoms with Crippen molar-refractivity contribution in [3.63, 3.8) is 0 Å². The first-order valence-electron chi connectivity index (χ1n) is 7.09. The van der Waals surface area contributed by atoms with E-state index >= 15 is 0 Å². The maximum absolute atomic E-state index is 14.2. The maximum atomic E-state index is 14.2. The van der Waals surface area contributed by atoms with Crippen LogP contribution >= 0.6 is 0 Å². The van der Waals surface area contributed by atoms with Crippen LogP contribution in [0.3, 0.4) is 0 Å². The summed E-state index contributed by atoms with van der Waals surface area (Å²) in [7, 11) is -4.16. The first-order valence-corrected chi connectivity index (χ1v) is 8.60. The Morgan fingerprint density at radius 2 is 1.92 bits per heavy atom. The van der Waals surface area contributed by atoms with Crippen LogP contribution in [0.25, 0.3) is 0 Å². The SMILES string of the molecule is COc1nc(C)nc(C2C(=O)N(S(=O)(=O)C(F)F)c3c(F)cccc32)n1. The number of alkyl halides is 2. The van der Waals surface area contributed by atoms with E-state index in [1.807, 2.05) is 0 Å². The summed E-state index contributed by atoms with van der Waals surface area (Å²) in [6, 6.07) is 3.17. The Kier molecular flexibility index (Phi) is 4.30. The van der Waals surface area contributed by atoms with E-state index < -0.39 is 39.1 Å². The number of halogens is 3. The normalized spacial score (nSPS) is 16.9. The lowest BCUT2D eigenvalue weighted by Gasteiger charge is -2.17. The van der Waals surface area contributed by atoms with E-state index in [2.05, 4.69) is 15.0 Å². The molecule has 2 aromatic rings. The van der Waals surface area contributed by atoms with Gasteiger partial charge >= 0.3 is 21.8 Å². The van der Waals surface area contributed by atoms with E-state index in [0.29, 0.717) is 0 Å². The van der Waals surface area contributed by atoms with Gasteiger partial charge in [0, 0.05) is 5.56 Å². The molecule has 1 aliphatic rings. The number of hydrogen-bond donors (Lipinski definition) is 0. The molecule has 0 N–H and O–H groups in total. The van der Waals surface area contributed by atoms with Crippen molar-refractivity contribution in [1.29, 1.82) is 0 Å². The fraction of sp³-hybridized carbons (Fsp3) is 0.286. The number of rotatable bonds is 4. The van der Waals surface area contributed by atoms with Gasteiger partial charge in [-0.3, -0.25) is 4.79 Å². The summed E-state index contributed by atoms with van der Waals surface area (Å²) in [4.78, 5) is 24.3.